The van der Waals surface area contributed by atoms with Crippen LogP contribution in [0.15, 0.2) is 42.5 Å². The van der Waals surface area contributed by atoms with Crippen LogP contribution in [0.3, 0.4) is 0 Å². The number of methoxy groups -OCH3 is 1. The van der Waals surface area contributed by atoms with Crippen LogP contribution in [0.5, 0.6) is 5.75 Å². The number of hydrogen-bond donors (Lipinski definition) is 1. The third-order valence-corrected chi connectivity index (χ3v) is 3.31. The van der Waals surface area contributed by atoms with Gasteiger partial charge < -0.3 is 9.72 Å². The zero-order valence-electron chi connectivity index (χ0n) is 10.3. The van der Waals surface area contributed by atoms with Crippen molar-refractivity contribution in [3.8, 4) is 5.75 Å². The molecule has 0 aliphatic rings. The van der Waals surface area contributed by atoms with Gasteiger partial charge in [0.25, 0.3) is 0 Å². The predicted molar refractivity (Wildman–Crippen MR) is 75.5 cm³/mol. The second-order valence-corrected chi connectivity index (χ2v) is 4.45. The maximum atomic E-state index is 5.27. The smallest absolute Gasteiger partial charge is 0.157 e. The molecule has 2 aromatic carbocycles. The monoisotopic (exact) mass is 249 g/mol. The molecule has 0 spiro atoms. The topological polar surface area (TPSA) is 50.8 Å². The summed E-state index contributed by atoms with van der Waals surface area (Å²) in [6.07, 6.45) is 0. The van der Waals surface area contributed by atoms with E-state index in [1.165, 1.54) is 0 Å². The average Bonchev–Trinajstić information content (AvgIpc) is 2.81. The number of hydrogen-bond acceptors (Lipinski definition) is 3. The Labute approximate surface area is 109 Å². The van der Waals surface area contributed by atoms with E-state index in [2.05, 4.69) is 9.97 Å². The number of aromatic amines is 1. The van der Waals surface area contributed by atoms with E-state index in [0.717, 1.165) is 38.8 Å². The Balaban J connectivity index is 2.17. The van der Waals surface area contributed by atoms with Crippen molar-refractivity contribution in [2.45, 2.75) is 0 Å². The highest BCUT2D eigenvalue weighted by Crippen LogP contribution is 2.27. The number of fused-ring (bicyclic) bond motifs is 4. The van der Waals surface area contributed by atoms with Crippen molar-refractivity contribution in [2.75, 3.05) is 7.11 Å². The molecule has 0 amide bonds. The molecule has 2 aromatic heterocycles. The average molecular weight is 249 g/mol. The molecule has 0 atom stereocenters. The van der Waals surface area contributed by atoms with Crippen molar-refractivity contribution in [2.24, 2.45) is 0 Å². The normalized spacial score (nSPS) is 11.4. The van der Waals surface area contributed by atoms with Crippen LogP contribution in [0.1, 0.15) is 0 Å². The number of aromatic nitrogens is 3. The number of rotatable bonds is 1. The van der Waals surface area contributed by atoms with E-state index in [-0.39, 0.29) is 0 Å². The molecular formula is C15H11N3O. The second-order valence-electron chi connectivity index (χ2n) is 4.45. The predicted octanol–water partition coefficient (Wildman–Crippen LogP) is 3.27. The van der Waals surface area contributed by atoms with Gasteiger partial charge in [0.2, 0.25) is 0 Å². The zero-order chi connectivity index (χ0) is 12.8. The van der Waals surface area contributed by atoms with E-state index >= 15 is 0 Å². The van der Waals surface area contributed by atoms with Crippen LogP contribution in [-0.2, 0) is 0 Å². The first kappa shape index (κ1) is 10.3. The molecule has 4 rings (SSSR count). The van der Waals surface area contributed by atoms with E-state index < -0.39 is 0 Å². The lowest BCUT2D eigenvalue weighted by Gasteiger charge is -1.99. The van der Waals surface area contributed by atoms with Crippen LogP contribution in [0.4, 0.5) is 0 Å². The van der Waals surface area contributed by atoms with Crippen LogP contribution < -0.4 is 4.74 Å². The third kappa shape index (κ3) is 1.46. The Morgan fingerprint density at radius 1 is 1.00 bits per heavy atom. The van der Waals surface area contributed by atoms with Gasteiger partial charge in [-0.25, -0.2) is 9.97 Å². The van der Waals surface area contributed by atoms with E-state index in [1.54, 1.807) is 7.11 Å². The van der Waals surface area contributed by atoms with Crippen LogP contribution in [0, 0.1) is 0 Å². The summed E-state index contributed by atoms with van der Waals surface area (Å²) in [6.45, 7) is 0. The number of H-pyrrole nitrogens is 1. The maximum absolute atomic E-state index is 5.27. The van der Waals surface area contributed by atoms with Crippen molar-refractivity contribution in [1.29, 1.82) is 0 Å². The molecule has 92 valence electrons. The van der Waals surface area contributed by atoms with Gasteiger partial charge in [0, 0.05) is 10.9 Å². The maximum Gasteiger partial charge on any atom is 0.157 e. The highest BCUT2D eigenvalue weighted by atomic mass is 16.5. The summed E-state index contributed by atoms with van der Waals surface area (Å²) in [4.78, 5) is 12.6. The van der Waals surface area contributed by atoms with E-state index in [4.69, 9.17) is 9.72 Å². The minimum atomic E-state index is 0.807. The first-order chi connectivity index (χ1) is 9.35. The Hall–Kier alpha value is -2.62. The molecular weight excluding hydrogens is 238 g/mol. The number of benzene rings is 2. The number of ether oxygens (including phenoxy) is 1. The van der Waals surface area contributed by atoms with Gasteiger partial charge in [-0.15, -0.1) is 0 Å². The first-order valence-corrected chi connectivity index (χ1v) is 6.07. The summed E-state index contributed by atoms with van der Waals surface area (Å²) in [6, 6.07) is 13.8. The van der Waals surface area contributed by atoms with E-state index in [1.807, 2.05) is 42.5 Å². The molecule has 1 N–H and O–H groups in total. The highest BCUT2D eigenvalue weighted by molar-refractivity contribution is 6.06. The fourth-order valence-corrected chi connectivity index (χ4v) is 2.36. The Kier molecular flexibility index (Phi) is 2.00. The molecule has 0 saturated heterocycles. The second kappa shape index (κ2) is 3.68. The summed E-state index contributed by atoms with van der Waals surface area (Å²) in [5, 5.41) is 1.03. The molecule has 19 heavy (non-hydrogen) atoms. The standard InChI is InChI=1S/C15H11N3O/c1-19-9-6-7-11-10(8-9)14-15(17-11)18-13-5-3-2-4-12(13)16-14/h2-8H,1H3,(H,17,18). The Morgan fingerprint density at radius 2 is 1.79 bits per heavy atom. The number of para-hydroxylation sites is 2. The molecule has 0 saturated carbocycles. The van der Waals surface area contributed by atoms with Gasteiger partial charge in [-0.3, -0.25) is 0 Å². The summed E-state index contributed by atoms with van der Waals surface area (Å²) < 4.78 is 5.27. The van der Waals surface area contributed by atoms with Crippen molar-refractivity contribution >= 4 is 33.1 Å². The molecule has 0 aliphatic heterocycles. The largest absolute Gasteiger partial charge is 0.497 e. The van der Waals surface area contributed by atoms with Crippen LogP contribution in [0.2, 0.25) is 0 Å². The summed E-state index contributed by atoms with van der Waals surface area (Å²) in [5.74, 6) is 0.823. The minimum Gasteiger partial charge on any atom is -0.497 e. The van der Waals surface area contributed by atoms with Crippen molar-refractivity contribution in [3.63, 3.8) is 0 Å². The fraction of sp³-hybridized carbons (Fsp3) is 0.0667. The van der Waals surface area contributed by atoms with Gasteiger partial charge in [0.15, 0.2) is 5.65 Å². The van der Waals surface area contributed by atoms with Crippen molar-refractivity contribution in [3.05, 3.63) is 42.5 Å². The van der Waals surface area contributed by atoms with Crippen molar-refractivity contribution < 1.29 is 4.74 Å². The molecule has 0 bridgehead atoms. The molecule has 2 heterocycles. The van der Waals surface area contributed by atoms with Gasteiger partial charge in [-0.1, -0.05) is 12.1 Å². The quantitative estimate of drug-likeness (QED) is 0.563. The highest BCUT2D eigenvalue weighted by Gasteiger charge is 2.09. The molecule has 4 aromatic rings. The lowest BCUT2D eigenvalue weighted by atomic mass is 10.2. The summed E-state index contributed by atoms with van der Waals surface area (Å²) >= 11 is 0. The third-order valence-electron chi connectivity index (χ3n) is 3.31. The van der Waals surface area contributed by atoms with Gasteiger partial charge in [0.1, 0.15) is 11.3 Å². The lowest BCUT2D eigenvalue weighted by molar-refractivity contribution is 0.415. The van der Waals surface area contributed by atoms with Crippen molar-refractivity contribution in [1.82, 2.24) is 15.0 Å². The van der Waals surface area contributed by atoms with Crippen LogP contribution in [-0.4, -0.2) is 22.1 Å². The van der Waals surface area contributed by atoms with Gasteiger partial charge in [-0.2, -0.15) is 0 Å². The lowest BCUT2D eigenvalue weighted by Crippen LogP contribution is -1.84. The molecule has 0 radical (unpaired) electrons. The Bertz CT molecular complexity index is 911. The molecule has 4 heteroatoms. The number of nitrogens with zero attached hydrogens (tertiary/aromatic N) is 2. The molecule has 4 nitrogen and oxygen atoms in total. The Morgan fingerprint density at radius 3 is 2.58 bits per heavy atom. The molecule has 0 unspecified atom stereocenters. The SMILES string of the molecule is COc1ccc2[nH]c3nc4ccccc4nc3c2c1. The molecule has 0 fully saturated rings. The van der Waals surface area contributed by atoms with E-state index in [0.29, 0.717) is 0 Å². The van der Waals surface area contributed by atoms with Gasteiger partial charge in [-0.05, 0) is 30.3 Å². The van der Waals surface area contributed by atoms with Gasteiger partial charge >= 0.3 is 0 Å². The van der Waals surface area contributed by atoms with E-state index in [9.17, 15) is 0 Å². The first-order valence-electron chi connectivity index (χ1n) is 6.07. The van der Waals surface area contributed by atoms with Crippen LogP contribution in [0.25, 0.3) is 33.1 Å². The number of nitrogens with one attached hydrogen (secondary N) is 1. The van der Waals surface area contributed by atoms with Gasteiger partial charge in [0.05, 0.1) is 18.1 Å². The minimum absolute atomic E-state index is 0.807. The molecule has 0 aliphatic carbocycles. The fourth-order valence-electron chi connectivity index (χ4n) is 2.36. The summed E-state index contributed by atoms with van der Waals surface area (Å²) in [7, 11) is 1.66. The summed E-state index contributed by atoms with van der Waals surface area (Å²) in [5.41, 5.74) is 4.51. The van der Waals surface area contributed by atoms with Crippen LogP contribution >= 0.6 is 0 Å². The zero-order valence-corrected chi connectivity index (χ0v) is 10.3.